The van der Waals surface area contributed by atoms with E-state index in [4.69, 9.17) is 0 Å². The number of hydrogen-bond acceptors (Lipinski definition) is 3. The fourth-order valence-corrected chi connectivity index (χ4v) is 3.33. The van der Waals surface area contributed by atoms with Gasteiger partial charge in [-0.1, -0.05) is 0 Å². The largest absolute Gasteiger partial charge is 0.260 e. The van der Waals surface area contributed by atoms with Gasteiger partial charge in [0.25, 0.3) is 0 Å². The maximum Gasteiger partial charge on any atom is 0.0768 e. The molecule has 1 aliphatic heterocycles. The van der Waals surface area contributed by atoms with Gasteiger partial charge >= 0.3 is 0 Å². The lowest BCUT2D eigenvalue weighted by atomic mass is 10.4. The topological polar surface area (TPSA) is 42.3 Å². The summed E-state index contributed by atoms with van der Waals surface area (Å²) in [6.45, 7) is 2.65. The molecular formula is C9H12N2OS. The van der Waals surface area contributed by atoms with Crippen LogP contribution in [0, 0.1) is 6.92 Å². The molecule has 1 unspecified atom stereocenters. The fraction of sp³-hybridized carbons (Fsp3) is 0.444. The lowest BCUT2D eigenvalue weighted by molar-refractivity contribution is 0.678. The third-order valence-electron chi connectivity index (χ3n) is 2.13. The van der Waals surface area contributed by atoms with Gasteiger partial charge in [0.2, 0.25) is 0 Å². The van der Waals surface area contributed by atoms with Crippen LogP contribution in [0.5, 0.6) is 0 Å². The first kappa shape index (κ1) is 8.69. The highest BCUT2D eigenvalue weighted by Crippen LogP contribution is 2.18. The molecule has 0 amide bonds. The van der Waals surface area contributed by atoms with Gasteiger partial charge in [-0.3, -0.25) is 4.98 Å². The van der Waals surface area contributed by atoms with Gasteiger partial charge < -0.3 is 0 Å². The highest BCUT2D eigenvalue weighted by molar-refractivity contribution is 7.93. The molecule has 1 aromatic rings. The van der Waals surface area contributed by atoms with Crippen LogP contribution in [0.4, 0.5) is 0 Å². The Morgan fingerprint density at radius 3 is 2.85 bits per heavy atom. The number of hydrogen-bond donors (Lipinski definition) is 0. The average molecular weight is 196 g/mol. The summed E-state index contributed by atoms with van der Waals surface area (Å²) < 4.78 is 16.2. The lowest BCUT2D eigenvalue weighted by Crippen LogP contribution is -2.01. The van der Waals surface area contributed by atoms with Crippen molar-refractivity contribution >= 4 is 9.73 Å². The normalized spacial score (nSPS) is 27.2. The van der Waals surface area contributed by atoms with Crippen molar-refractivity contribution in [2.75, 3.05) is 12.3 Å². The summed E-state index contributed by atoms with van der Waals surface area (Å²) >= 11 is 0. The number of pyridine rings is 1. The van der Waals surface area contributed by atoms with E-state index in [0.717, 1.165) is 23.6 Å². The van der Waals surface area contributed by atoms with Crippen molar-refractivity contribution < 1.29 is 4.21 Å². The summed E-state index contributed by atoms with van der Waals surface area (Å²) in [5.74, 6) is 0.692. The van der Waals surface area contributed by atoms with Crippen LogP contribution in [0.3, 0.4) is 0 Å². The van der Waals surface area contributed by atoms with Crippen LogP contribution in [-0.4, -0.2) is 21.5 Å². The highest BCUT2D eigenvalue weighted by Gasteiger charge is 2.16. The van der Waals surface area contributed by atoms with Crippen LogP contribution in [0.2, 0.25) is 0 Å². The maximum atomic E-state index is 12.1. The van der Waals surface area contributed by atoms with Crippen LogP contribution in [0.15, 0.2) is 27.6 Å². The van der Waals surface area contributed by atoms with Crippen LogP contribution in [-0.2, 0) is 9.73 Å². The molecule has 70 valence electrons. The molecule has 3 nitrogen and oxygen atoms in total. The van der Waals surface area contributed by atoms with E-state index in [1.807, 2.05) is 19.1 Å². The molecule has 4 heteroatoms. The van der Waals surface area contributed by atoms with E-state index in [1.54, 1.807) is 6.20 Å². The van der Waals surface area contributed by atoms with E-state index in [0.29, 0.717) is 5.75 Å². The number of aryl methyl sites for hydroxylation is 1. The van der Waals surface area contributed by atoms with Crippen molar-refractivity contribution in [2.24, 2.45) is 4.36 Å². The Hall–Kier alpha value is -0.900. The van der Waals surface area contributed by atoms with Gasteiger partial charge in [0.15, 0.2) is 0 Å². The Kier molecular flexibility index (Phi) is 2.07. The minimum Gasteiger partial charge on any atom is -0.260 e. The molecule has 1 atom stereocenters. The zero-order valence-corrected chi connectivity index (χ0v) is 8.38. The van der Waals surface area contributed by atoms with E-state index in [9.17, 15) is 4.21 Å². The van der Waals surface area contributed by atoms with Crippen molar-refractivity contribution in [3.63, 3.8) is 0 Å². The monoisotopic (exact) mass is 196 g/mol. The van der Waals surface area contributed by atoms with Crippen LogP contribution >= 0.6 is 0 Å². The molecule has 0 aromatic carbocycles. The molecule has 0 fully saturated rings. The standard InChI is InChI=1S/C9H12N2OS/c1-8-3-4-9(7-10-8)13(12)6-2-5-11-13/h3-4,7H,2,5-6H2,1H3. The SMILES string of the molecule is Cc1ccc(S2(=O)=NCCC2)cn1. The Balaban J connectivity index is 2.47. The molecule has 1 aliphatic rings. The Labute approximate surface area is 78.4 Å². The second-order valence-electron chi connectivity index (χ2n) is 3.19. The number of aromatic nitrogens is 1. The van der Waals surface area contributed by atoms with Crippen molar-refractivity contribution in [3.05, 3.63) is 24.0 Å². The molecule has 1 aromatic heterocycles. The van der Waals surface area contributed by atoms with Crippen molar-refractivity contribution in [1.82, 2.24) is 4.98 Å². The zero-order chi connectivity index (χ0) is 9.31. The predicted octanol–water partition coefficient (Wildman–Crippen LogP) is 1.62. The number of rotatable bonds is 1. The van der Waals surface area contributed by atoms with Gasteiger partial charge in [-0.2, -0.15) is 0 Å². The predicted molar refractivity (Wildman–Crippen MR) is 52.2 cm³/mol. The third-order valence-corrected chi connectivity index (χ3v) is 4.55. The summed E-state index contributed by atoms with van der Waals surface area (Å²) in [7, 11) is -2.09. The fourth-order valence-electron chi connectivity index (χ4n) is 1.37. The van der Waals surface area contributed by atoms with E-state index in [2.05, 4.69) is 9.35 Å². The second kappa shape index (κ2) is 3.10. The first-order valence-electron chi connectivity index (χ1n) is 4.34. The summed E-state index contributed by atoms with van der Waals surface area (Å²) in [4.78, 5) is 4.92. The summed E-state index contributed by atoms with van der Waals surface area (Å²) in [6, 6.07) is 3.76. The molecule has 0 saturated carbocycles. The van der Waals surface area contributed by atoms with E-state index in [1.165, 1.54) is 0 Å². The minimum atomic E-state index is -2.09. The molecule has 2 rings (SSSR count). The molecule has 0 bridgehead atoms. The van der Waals surface area contributed by atoms with Gasteiger partial charge in [0.1, 0.15) is 0 Å². The van der Waals surface area contributed by atoms with Crippen molar-refractivity contribution in [3.8, 4) is 0 Å². The summed E-state index contributed by atoms with van der Waals surface area (Å²) in [6.07, 6.45) is 2.62. The second-order valence-corrected chi connectivity index (χ2v) is 5.60. The molecular weight excluding hydrogens is 184 g/mol. The third kappa shape index (κ3) is 1.58. The highest BCUT2D eigenvalue weighted by atomic mass is 32.2. The molecule has 0 aliphatic carbocycles. The summed E-state index contributed by atoms with van der Waals surface area (Å²) in [5.41, 5.74) is 0.949. The van der Waals surface area contributed by atoms with E-state index < -0.39 is 9.73 Å². The molecule has 2 heterocycles. The molecule has 0 spiro atoms. The first-order chi connectivity index (χ1) is 6.21. The number of nitrogens with zero attached hydrogens (tertiary/aromatic N) is 2. The van der Waals surface area contributed by atoms with Crippen molar-refractivity contribution in [2.45, 2.75) is 18.2 Å². The smallest absolute Gasteiger partial charge is 0.0768 e. The van der Waals surface area contributed by atoms with E-state index >= 15 is 0 Å². The minimum absolute atomic E-state index is 0.692. The Morgan fingerprint density at radius 2 is 2.31 bits per heavy atom. The van der Waals surface area contributed by atoms with E-state index in [-0.39, 0.29) is 0 Å². The average Bonchev–Trinajstić information content (AvgIpc) is 2.54. The Morgan fingerprint density at radius 1 is 1.46 bits per heavy atom. The molecule has 0 saturated heterocycles. The van der Waals surface area contributed by atoms with Gasteiger partial charge in [0, 0.05) is 24.2 Å². The molecule has 0 N–H and O–H groups in total. The maximum absolute atomic E-state index is 12.1. The van der Waals surface area contributed by atoms with Gasteiger partial charge in [-0.25, -0.2) is 8.57 Å². The van der Waals surface area contributed by atoms with Gasteiger partial charge in [0.05, 0.1) is 14.6 Å². The summed E-state index contributed by atoms with van der Waals surface area (Å²) in [5, 5.41) is 0. The van der Waals surface area contributed by atoms with Crippen LogP contribution in [0.1, 0.15) is 12.1 Å². The van der Waals surface area contributed by atoms with Crippen LogP contribution in [0.25, 0.3) is 0 Å². The molecule has 13 heavy (non-hydrogen) atoms. The quantitative estimate of drug-likeness (QED) is 0.685. The van der Waals surface area contributed by atoms with Gasteiger partial charge in [-0.15, -0.1) is 0 Å². The Bertz CT molecular complexity index is 416. The molecule has 0 radical (unpaired) electrons. The zero-order valence-electron chi connectivity index (χ0n) is 7.56. The first-order valence-corrected chi connectivity index (χ1v) is 6.02. The lowest BCUT2D eigenvalue weighted by Gasteiger charge is -2.02. The van der Waals surface area contributed by atoms with Crippen LogP contribution < -0.4 is 0 Å². The van der Waals surface area contributed by atoms with Crippen molar-refractivity contribution in [1.29, 1.82) is 0 Å². The van der Waals surface area contributed by atoms with Gasteiger partial charge in [-0.05, 0) is 25.5 Å².